The maximum atomic E-state index is 12.6. The number of carbonyl (C=O) groups is 2. The molecule has 6 nitrogen and oxygen atoms in total. The van der Waals surface area contributed by atoms with E-state index in [-0.39, 0.29) is 0 Å². The Morgan fingerprint density at radius 1 is 0.647 bits per heavy atom. The van der Waals surface area contributed by atoms with Crippen LogP contribution in [0.15, 0.2) is 42.5 Å². The van der Waals surface area contributed by atoms with Gasteiger partial charge in [0.2, 0.25) is 0 Å². The molecule has 182 valence electrons. The van der Waals surface area contributed by atoms with Gasteiger partial charge in [-0.25, -0.2) is 9.59 Å². The van der Waals surface area contributed by atoms with E-state index in [4.69, 9.17) is 18.9 Å². The molecule has 0 aromatic heterocycles. The van der Waals surface area contributed by atoms with E-state index in [1.165, 1.54) is 0 Å². The van der Waals surface area contributed by atoms with Gasteiger partial charge in [0.25, 0.3) is 0 Å². The smallest absolute Gasteiger partial charge is 0.434 e. The van der Waals surface area contributed by atoms with Crippen molar-refractivity contribution in [3.8, 4) is 11.5 Å². The van der Waals surface area contributed by atoms with Crippen LogP contribution in [0.3, 0.4) is 0 Å². The van der Waals surface area contributed by atoms with Crippen LogP contribution < -0.4 is 9.47 Å². The number of hydrogen-bond donors (Lipinski definition) is 0. The minimum absolute atomic E-state index is 0.303. The average Bonchev–Trinajstić information content (AvgIpc) is 2.84. The van der Waals surface area contributed by atoms with Crippen LogP contribution in [-0.2, 0) is 15.9 Å². The van der Waals surface area contributed by atoms with Crippen molar-refractivity contribution >= 4 is 33.9 Å². The summed E-state index contributed by atoms with van der Waals surface area (Å²) in [4.78, 5) is 25.1. The third-order valence-corrected chi connectivity index (χ3v) is 5.64. The van der Waals surface area contributed by atoms with Gasteiger partial charge in [-0.1, -0.05) is 82.5 Å². The molecule has 3 aromatic rings. The van der Waals surface area contributed by atoms with Crippen LogP contribution in [0.5, 0.6) is 11.5 Å². The SMILES string of the molecule is CCCCOC(=O)Oc1c2ccccc2c(OC(=O)OCCCC)c2c(CCCC)cccc12. The van der Waals surface area contributed by atoms with Crippen molar-refractivity contribution in [2.45, 2.75) is 65.7 Å². The molecule has 0 bridgehead atoms. The summed E-state index contributed by atoms with van der Waals surface area (Å²) < 4.78 is 22.1. The Hall–Kier alpha value is -3.28. The molecular formula is C28H34O6. The summed E-state index contributed by atoms with van der Waals surface area (Å²) in [5.74, 6) is 0.822. The van der Waals surface area contributed by atoms with Crippen LogP contribution in [0, 0.1) is 0 Å². The Bertz CT molecular complexity index is 1120. The highest BCUT2D eigenvalue weighted by molar-refractivity contribution is 6.13. The highest BCUT2D eigenvalue weighted by Crippen LogP contribution is 2.44. The van der Waals surface area contributed by atoms with Gasteiger partial charge in [-0.3, -0.25) is 0 Å². The van der Waals surface area contributed by atoms with Crippen LogP contribution in [0.1, 0.15) is 64.9 Å². The Morgan fingerprint density at radius 2 is 1.18 bits per heavy atom. The van der Waals surface area contributed by atoms with Gasteiger partial charge < -0.3 is 18.9 Å². The molecule has 0 aliphatic heterocycles. The maximum Gasteiger partial charge on any atom is 0.513 e. The quantitative estimate of drug-likeness (QED) is 0.123. The van der Waals surface area contributed by atoms with Crippen LogP contribution in [0.4, 0.5) is 9.59 Å². The Morgan fingerprint density at radius 3 is 1.76 bits per heavy atom. The largest absolute Gasteiger partial charge is 0.513 e. The van der Waals surface area contributed by atoms with E-state index >= 15 is 0 Å². The molecule has 3 rings (SSSR count). The molecule has 0 heterocycles. The van der Waals surface area contributed by atoms with E-state index < -0.39 is 12.3 Å². The standard InChI is InChI=1S/C28H34O6/c1-4-7-13-20-14-12-17-23-24(20)26(34-28(30)32-19-9-6-3)22-16-11-10-15-21(22)25(23)33-27(29)31-18-8-5-2/h10-12,14-17H,4-9,13,18-19H2,1-3H3. The van der Waals surface area contributed by atoms with E-state index in [9.17, 15) is 9.59 Å². The molecule has 0 unspecified atom stereocenters. The lowest BCUT2D eigenvalue weighted by Gasteiger charge is -2.18. The molecule has 6 heteroatoms. The third-order valence-electron chi connectivity index (χ3n) is 5.64. The van der Waals surface area contributed by atoms with Crippen molar-refractivity contribution in [1.29, 1.82) is 0 Å². The van der Waals surface area contributed by atoms with Crippen LogP contribution in [-0.4, -0.2) is 25.5 Å². The van der Waals surface area contributed by atoms with Gasteiger partial charge in [-0.2, -0.15) is 0 Å². The van der Waals surface area contributed by atoms with E-state index in [0.29, 0.717) is 40.9 Å². The van der Waals surface area contributed by atoms with Crippen LogP contribution in [0.2, 0.25) is 0 Å². The predicted octanol–water partition coefficient (Wildman–Crippen LogP) is 7.97. The van der Waals surface area contributed by atoms with Crippen molar-refractivity contribution < 1.29 is 28.5 Å². The molecular weight excluding hydrogens is 432 g/mol. The monoisotopic (exact) mass is 466 g/mol. The van der Waals surface area contributed by atoms with E-state index in [1.807, 2.05) is 56.3 Å². The lowest BCUT2D eigenvalue weighted by atomic mass is 9.94. The molecule has 0 aliphatic rings. The average molecular weight is 467 g/mol. The molecule has 0 atom stereocenters. The van der Waals surface area contributed by atoms with Crippen molar-refractivity contribution in [2.75, 3.05) is 13.2 Å². The summed E-state index contributed by atoms with van der Waals surface area (Å²) >= 11 is 0. The Kier molecular flexibility index (Phi) is 9.56. The van der Waals surface area contributed by atoms with Crippen molar-refractivity contribution in [3.05, 3.63) is 48.0 Å². The van der Waals surface area contributed by atoms with Gasteiger partial charge >= 0.3 is 12.3 Å². The molecule has 0 spiro atoms. The molecule has 0 saturated carbocycles. The maximum absolute atomic E-state index is 12.6. The molecule has 34 heavy (non-hydrogen) atoms. The second-order valence-corrected chi connectivity index (χ2v) is 8.26. The molecule has 0 amide bonds. The summed E-state index contributed by atoms with van der Waals surface area (Å²) in [6.07, 6.45) is 4.68. The summed E-state index contributed by atoms with van der Waals surface area (Å²) in [5.41, 5.74) is 1.02. The van der Waals surface area contributed by atoms with Gasteiger partial charge in [0, 0.05) is 21.5 Å². The number of ether oxygens (including phenoxy) is 4. The zero-order valence-electron chi connectivity index (χ0n) is 20.4. The van der Waals surface area contributed by atoms with E-state index in [1.54, 1.807) is 0 Å². The molecule has 3 aromatic carbocycles. The number of fused-ring (bicyclic) bond motifs is 2. The van der Waals surface area contributed by atoms with Crippen molar-refractivity contribution in [3.63, 3.8) is 0 Å². The van der Waals surface area contributed by atoms with E-state index in [2.05, 4.69) is 6.92 Å². The summed E-state index contributed by atoms with van der Waals surface area (Å²) in [6.45, 7) is 6.79. The lowest BCUT2D eigenvalue weighted by Crippen LogP contribution is -2.14. The summed E-state index contributed by atoms with van der Waals surface area (Å²) in [6, 6.07) is 13.2. The van der Waals surface area contributed by atoms with Gasteiger partial charge in [-0.15, -0.1) is 0 Å². The molecule has 0 saturated heterocycles. The fraction of sp³-hybridized carbons (Fsp3) is 0.429. The zero-order chi connectivity index (χ0) is 24.3. The number of carbonyl (C=O) groups excluding carboxylic acids is 2. The highest BCUT2D eigenvalue weighted by Gasteiger charge is 2.23. The number of benzene rings is 3. The second-order valence-electron chi connectivity index (χ2n) is 8.26. The first-order valence-corrected chi connectivity index (χ1v) is 12.3. The topological polar surface area (TPSA) is 71.1 Å². The van der Waals surface area contributed by atoms with Crippen LogP contribution in [0.25, 0.3) is 21.5 Å². The number of hydrogen-bond acceptors (Lipinski definition) is 6. The van der Waals surface area contributed by atoms with Gasteiger partial charge in [0.1, 0.15) is 5.75 Å². The molecule has 0 radical (unpaired) electrons. The van der Waals surface area contributed by atoms with Crippen molar-refractivity contribution in [1.82, 2.24) is 0 Å². The second kappa shape index (κ2) is 12.8. The normalized spacial score (nSPS) is 10.9. The number of aryl methyl sites for hydroxylation is 1. The summed E-state index contributed by atoms with van der Waals surface area (Å²) in [7, 11) is 0. The fourth-order valence-electron chi connectivity index (χ4n) is 3.83. The molecule has 0 aliphatic carbocycles. The summed E-state index contributed by atoms with van der Waals surface area (Å²) in [5, 5.41) is 2.77. The first-order chi connectivity index (χ1) is 16.6. The number of rotatable bonds is 11. The minimum atomic E-state index is -0.744. The number of unbranched alkanes of at least 4 members (excludes halogenated alkanes) is 3. The first kappa shape index (κ1) is 25.3. The third kappa shape index (κ3) is 6.19. The fourth-order valence-corrected chi connectivity index (χ4v) is 3.83. The predicted molar refractivity (Wildman–Crippen MR) is 134 cm³/mol. The molecule has 0 fully saturated rings. The Balaban J connectivity index is 2.15. The van der Waals surface area contributed by atoms with Gasteiger partial charge in [-0.05, 0) is 31.2 Å². The zero-order valence-corrected chi connectivity index (χ0v) is 20.4. The Labute approximate surface area is 201 Å². The van der Waals surface area contributed by atoms with Gasteiger partial charge in [0.15, 0.2) is 5.75 Å². The molecule has 0 N–H and O–H groups in total. The van der Waals surface area contributed by atoms with Gasteiger partial charge in [0.05, 0.1) is 13.2 Å². The van der Waals surface area contributed by atoms with Crippen molar-refractivity contribution in [2.24, 2.45) is 0 Å². The minimum Gasteiger partial charge on any atom is -0.434 e. The van der Waals surface area contributed by atoms with Crippen LogP contribution >= 0.6 is 0 Å². The lowest BCUT2D eigenvalue weighted by molar-refractivity contribution is 0.0970. The van der Waals surface area contributed by atoms with E-state index in [0.717, 1.165) is 55.9 Å². The highest BCUT2D eigenvalue weighted by atomic mass is 16.7. The first-order valence-electron chi connectivity index (χ1n) is 12.3.